The Morgan fingerprint density at radius 1 is 1.23 bits per heavy atom. The molecule has 0 heterocycles. The highest BCUT2D eigenvalue weighted by Crippen LogP contribution is 2.40. The SMILES string of the molecule is CCCCC(CC)(CBr)C(C)CC. The van der Waals surface area contributed by atoms with Crippen LogP contribution in [0.25, 0.3) is 0 Å². The van der Waals surface area contributed by atoms with Crippen LogP contribution in [0.1, 0.15) is 59.8 Å². The number of halogens is 1. The topological polar surface area (TPSA) is 0 Å². The van der Waals surface area contributed by atoms with E-state index in [-0.39, 0.29) is 0 Å². The molecule has 80 valence electrons. The fourth-order valence-electron chi connectivity index (χ4n) is 2.03. The first-order valence-electron chi connectivity index (χ1n) is 5.72. The van der Waals surface area contributed by atoms with Gasteiger partial charge in [0.1, 0.15) is 0 Å². The minimum atomic E-state index is 0.560. The molecule has 0 fully saturated rings. The molecular weight excluding hydrogens is 224 g/mol. The van der Waals surface area contributed by atoms with Crippen molar-refractivity contribution >= 4 is 15.9 Å². The third kappa shape index (κ3) is 3.61. The molecular formula is C12H25Br. The van der Waals surface area contributed by atoms with Crippen LogP contribution < -0.4 is 0 Å². The van der Waals surface area contributed by atoms with Crippen molar-refractivity contribution < 1.29 is 0 Å². The van der Waals surface area contributed by atoms with Gasteiger partial charge < -0.3 is 0 Å². The Bertz CT molecular complexity index is 116. The van der Waals surface area contributed by atoms with Gasteiger partial charge in [0.05, 0.1) is 0 Å². The molecule has 0 aromatic rings. The zero-order valence-electron chi connectivity index (χ0n) is 9.70. The van der Waals surface area contributed by atoms with E-state index in [4.69, 9.17) is 0 Å². The molecule has 0 N–H and O–H groups in total. The average Bonchev–Trinajstić information content (AvgIpc) is 2.19. The van der Waals surface area contributed by atoms with Crippen LogP contribution in [0.15, 0.2) is 0 Å². The van der Waals surface area contributed by atoms with Crippen molar-refractivity contribution in [3.63, 3.8) is 0 Å². The minimum Gasteiger partial charge on any atom is -0.0922 e. The van der Waals surface area contributed by atoms with Crippen LogP contribution >= 0.6 is 15.9 Å². The fourth-order valence-corrected chi connectivity index (χ4v) is 3.26. The van der Waals surface area contributed by atoms with Crippen LogP contribution in [-0.4, -0.2) is 5.33 Å². The van der Waals surface area contributed by atoms with Gasteiger partial charge in [-0.05, 0) is 24.2 Å². The summed E-state index contributed by atoms with van der Waals surface area (Å²) in [5, 5.41) is 1.17. The number of alkyl halides is 1. The molecule has 0 rings (SSSR count). The van der Waals surface area contributed by atoms with Crippen molar-refractivity contribution in [2.45, 2.75) is 59.8 Å². The Morgan fingerprint density at radius 3 is 2.15 bits per heavy atom. The maximum absolute atomic E-state index is 3.70. The van der Waals surface area contributed by atoms with E-state index in [1.54, 1.807) is 0 Å². The third-order valence-corrected chi connectivity index (χ3v) is 4.77. The summed E-state index contributed by atoms with van der Waals surface area (Å²) in [5.74, 6) is 0.850. The number of hydrogen-bond acceptors (Lipinski definition) is 0. The summed E-state index contributed by atoms with van der Waals surface area (Å²) in [5.41, 5.74) is 0.560. The largest absolute Gasteiger partial charge is 0.0922 e. The van der Waals surface area contributed by atoms with Gasteiger partial charge in [0, 0.05) is 5.33 Å². The third-order valence-electron chi connectivity index (χ3n) is 3.66. The average molecular weight is 249 g/mol. The quantitative estimate of drug-likeness (QED) is 0.556. The van der Waals surface area contributed by atoms with E-state index in [1.165, 1.54) is 37.4 Å². The second-order valence-electron chi connectivity index (χ2n) is 4.26. The smallest absolute Gasteiger partial charge is 0.00904 e. The van der Waals surface area contributed by atoms with Crippen LogP contribution in [0.3, 0.4) is 0 Å². The molecule has 2 unspecified atom stereocenters. The lowest BCUT2D eigenvalue weighted by molar-refractivity contribution is 0.174. The Hall–Kier alpha value is 0.480. The van der Waals surface area contributed by atoms with E-state index in [0.29, 0.717) is 5.41 Å². The van der Waals surface area contributed by atoms with Gasteiger partial charge in [-0.25, -0.2) is 0 Å². The molecule has 0 saturated carbocycles. The van der Waals surface area contributed by atoms with Crippen LogP contribution in [0.2, 0.25) is 0 Å². The molecule has 0 radical (unpaired) electrons. The molecule has 0 aliphatic rings. The second kappa shape index (κ2) is 6.86. The van der Waals surface area contributed by atoms with Crippen LogP contribution in [-0.2, 0) is 0 Å². The fraction of sp³-hybridized carbons (Fsp3) is 1.00. The molecule has 0 aliphatic heterocycles. The van der Waals surface area contributed by atoms with Crippen LogP contribution in [0, 0.1) is 11.3 Å². The maximum Gasteiger partial charge on any atom is 0.00904 e. The highest BCUT2D eigenvalue weighted by molar-refractivity contribution is 9.09. The number of hydrogen-bond donors (Lipinski definition) is 0. The molecule has 2 atom stereocenters. The maximum atomic E-state index is 3.70. The molecule has 0 spiro atoms. The zero-order chi connectivity index (χ0) is 10.3. The molecule has 0 nitrogen and oxygen atoms in total. The Kier molecular flexibility index (Phi) is 7.12. The summed E-state index contributed by atoms with van der Waals surface area (Å²) in [7, 11) is 0. The van der Waals surface area contributed by atoms with Gasteiger partial charge in [-0.2, -0.15) is 0 Å². The first-order chi connectivity index (χ1) is 6.16. The predicted molar refractivity (Wildman–Crippen MR) is 65.5 cm³/mol. The van der Waals surface area contributed by atoms with Crippen molar-refractivity contribution in [1.82, 2.24) is 0 Å². The summed E-state index contributed by atoms with van der Waals surface area (Å²) in [6, 6.07) is 0. The first kappa shape index (κ1) is 13.5. The van der Waals surface area contributed by atoms with Crippen LogP contribution in [0.4, 0.5) is 0 Å². The summed E-state index contributed by atoms with van der Waals surface area (Å²) >= 11 is 3.70. The van der Waals surface area contributed by atoms with Crippen molar-refractivity contribution in [2.75, 3.05) is 5.33 Å². The van der Waals surface area contributed by atoms with E-state index in [1.807, 2.05) is 0 Å². The van der Waals surface area contributed by atoms with Crippen LogP contribution in [0.5, 0.6) is 0 Å². The predicted octanol–water partition coefficient (Wildman–Crippen LogP) is 5.01. The lowest BCUT2D eigenvalue weighted by atomic mass is 9.71. The molecule has 13 heavy (non-hydrogen) atoms. The van der Waals surface area contributed by atoms with Gasteiger partial charge in [-0.15, -0.1) is 0 Å². The molecule has 0 aromatic heterocycles. The van der Waals surface area contributed by atoms with E-state index in [2.05, 4.69) is 43.6 Å². The lowest BCUT2D eigenvalue weighted by Gasteiger charge is -2.37. The van der Waals surface area contributed by atoms with E-state index in [9.17, 15) is 0 Å². The number of rotatable bonds is 7. The van der Waals surface area contributed by atoms with E-state index in [0.717, 1.165) is 5.92 Å². The van der Waals surface area contributed by atoms with E-state index >= 15 is 0 Å². The minimum absolute atomic E-state index is 0.560. The first-order valence-corrected chi connectivity index (χ1v) is 6.84. The Morgan fingerprint density at radius 2 is 1.85 bits per heavy atom. The molecule has 0 amide bonds. The Labute approximate surface area is 92.6 Å². The van der Waals surface area contributed by atoms with Crippen molar-refractivity contribution in [3.05, 3.63) is 0 Å². The van der Waals surface area contributed by atoms with Gasteiger partial charge >= 0.3 is 0 Å². The lowest BCUT2D eigenvalue weighted by Crippen LogP contribution is -2.29. The second-order valence-corrected chi connectivity index (χ2v) is 4.82. The van der Waals surface area contributed by atoms with Crippen molar-refractivity contribution in [3.8, 4) is 0 Å². The van der Waals surface area contributed by atoms with Gasteiger partial charge in [0.25, 0.3) is 0 Å². The van der Waals surface area contributed by atoms with Gasteiger partial charge in [-0.1, -0.05) is 62.9 Å². The molecule has 1 heteroatoms. The monoisotopic (exact) mass is 248 g/mol. The zero-order valence-corrected chi connectivity index (χ0v) is 11.3. The molecule has 0 saturated heterocycles. The van der Waals surface area contributed by atoms with Crippen molar-refractivity contribution in [1.29, 1.82) is 0 Å². The van der Waals surface area contributed by atoms with E-state index < -0.39 is 0 Å². The van der Waals surface area contributed by atoms with Gasteiger partial charge in [-0.3, -0.25) is 0 Å². The van der Waals surface area contributed by atoms with Gasteiger partial charge in [0.15, 0.2) is 0 Å². The van der Waals surface area contributed by atoms with Gasteiger partial charge in [0.2, 0.25) is 0 Å². The molecule has 0 aliphatic carbocycles. The summed E-state index contributed by atoms with van der Waals surface area (Å²) in [4.78, 5) is 0. The normalized spacial score (nSPS) is 18.2. The molecule has 0 bridgehead atoms. The highest BCUT2D eigenvalue weighted by atomic mass is 79.9. The summed E-state index contributed by atoms with van der Waals surface area (Å²) < 4.78 is 0. The van der Waals surface area contributed by atoms with Crippen molar-refractivity contribution in [2.24, 2.45) is 11.3 Å². The molecule has 0 aromatic carbocycles. The summed E-state index contributed by atoms with van der Waals surface area (Å²) in [6.45, 7) is 9.33. The number of unbranched alkanes of at least 4 members (excludes halogenated alkanes) is 1. The Balaban J connectivity index is 4.29. The highest BCUT2D eigenvalue weighted by Gasteiger charge is 2.31. The standard InChI is InChI=1S/C12H25Br/c1-5-8-9-12(7-3,10-13)11(4)6-2/h11H,5-10H2,1-4H3. The summed E-state index contributed by atoms with van der Waals surface area (Å²) in [6.07, 6.45) is 6.71.